The number of aromatic nitrogens is 1. The van der Waals surface area contributed by atoms with Crippen LogP contribution in [0, 0.1) is 0 Å². The first-order chi connectivity index (χ1) is 12.1. The largest absolute Gasteiger partial charge is 0.508 e. The number of aromatic amines is 1. The number of ether oxygens (including phenoxy) is 1. The zero-order chi connectivity index (χ0) is 19.5. The lowest BCUT2D eigenvalue weighted by atomic mass is 10.0. The van der Waals surface area contributed by atoms with Crippen LogP contribution in [0.5, 0.6) is 5.75 Å². The molecule has 1 unspecified atom stereocenters. The fourth-order valence-electron chi connectivity index (χ4n) is 2.51. The highest BCUT2D eigenvalue weighted by atomic mass is 16.7. The average Bonchev–Trinajstić information content (AvgIpc) is 2.93. The standard InChI is InChI=1S/C18H25N3O5/c1-18(2,3)26-17(24)20-15(16(23)21(4)25-5)8-11-10-19-14-7-6-12(22)9-13(11)14/h6-7,9-10,15,19,22H,8H2,1-5H3,(H,20,24). The fraction of sp³-hybridized carbons (Fsp3) is 0.444. The molecule has 2 rings (SSSR count). The molecule has 2 amide bonds. The number of benzene rings is 1. The lowest BCUT2D eigenvalue weighted by Gasteiger charge is -2.25. The summed E-state index contributed by atoms with van der Waals surface area (Å²) < 4.78 is 5.25. The maximum atomic E-state index is 12.6. The van der Waals surface area contributed by atoms with E-state index in [-0.39, 0.29) is 12.2 Å². The monoisotopic (exact) mass is 363 g/mol. The number of hydrogen-bond acceptors (Lipinski definition) is 5. The van der Waals surface area contributed by atoms with Gasteiger partial charge >= 0.3 is 6.09 Å². The molecule has 1 heterocycles. The average molecular weight is 363 g/mol. The number of carbonyl (C=O) groups excluding carboxylic acids is 2. The van der Waals surface area contributed by atoms with Crippen molar-refractivity contribution in [1.29, 1.82) is 0 Å². The van der Waals surface area contributed by atoms with Crippen molar-refractivity contribution in [2.75, 3.05) is 14.2 Å². The van der Waals surface area contributed by atoms with Crippen molar-refractivity contribution in [2.24, 2.45) is 0 Å². The van der Waals surface area contributed by atoms with Crippen molar-refractivity contribution in [1.82, 2.24) is 15.4 Å². The second kappa shape index (κ2) is 7.65. The molecule has 3 N–H and O–H groups in total. The van der Waals surface area contributed by atoms with Crippen molar-refractivity contribution in [3.05, 3.63) is 30.0 Å². The molecule has 1 aromatic heterocycles. The molecular weight excluding hydrogens is 338 g/mol. The lowest BCUT2D eigenvalue weighted by molar-refractivity contribution is -0.171. The van der Waals surface area contributed by atoms with E-state index in [1.807, 2.05) is 0 Å². The van der Waals surface area contributed by atoms with E-state index in [1.165, 1.54) is 14.2 Å². The molecule has 1 atom stereocenters. The number of nitrogens with one attached hydrogen (secondary N) is 2. The number of fused-ring (bicyclic) bond motifs is 1. The normalized spacial score (nSPS) is 12.7. The molecule has 0 aliphatic heterocycles. The smallest absolute Gasteiger partial charge is 0.408 e. The molecular formula is C18H25N3O5. The van der Waals surface area contributed by atoms with E-state index < -0.39 is 23.6 Å². The minimum absolute atomic E-state index is 0.121. The molecule has 0 saturated heterocycles. The summed E-state index contributed by atoms with van der Waals surface area (Å²) >= 11 is 0. The number of phenolic OH excluding ortho intramolecular Hbond substituents is 1. The first kappa shape index (κ1) is 19.6. The molecule has 0 saturated carbocycles. The van der Waals surface area contributed by atoms with E-state index in [0.29, 0.717) is 0 Å². The van der Waals surface area contributed by atoms with Gasteiger partial charge in [-0.1, -0.05) is 0 Å². The minimum atomic E-state index is -0.892. The highest BCUT2D eigenvalue weighted by molar-refractivity contribution is 5.88. The highest BCUT2D eigenvalue weighted by Crippen LogP contribution is 2.24. The van der Waals surface area contributed by atoms with Gasteiger partial charge in [0.05, 0.1) is 7.11 Å². The Morgan fingerprint density at radius 3 is 2.65 bits per heavy atom. The Morgan fingerprint density at radius 1 is 1.35 bits per heavy atom. The van der Waals surface area contributed by atoms with Crippen molar-refractivity contribution < 1.29 is 24.3 Å². The summed E-state index contributed by atoms with van der Waals surface area (Å²) in [6.45, 7) is 5.23. The van der Waals surface area contributed by atoms with Gasteiger partial charge in [-0.3, -0.25) is 9.63 Å². The van der Waals surface area contributed by atoms with Crippen LogP contribution in [-0.4, -0.2) is 53.0 Å². The maximum Gasteiger partial charge on any atom is 0.408 e. The highest BCUT2D eigenvalue weighted by Gasteiger charge is 2.28. The van der Waals surface area contributed by atoms with E-state index in [0.717, 1.165) is 21.5 Å². The quantitative estimate of drug-likeness (QED) is 0.707. The fourth-order valence-corrected chi connectivity index (χ4v) is 2.51. The van der Waals surface area contributed by atoms with Crippen molar-refractivity contribution >= 4 is 22.9 Å². The van der Waals surface area contributed by atoms with Crippen molar-refractivity contribution in [3.8, 4) is 5.75 Å². The van der Waals surface area contributed by atoms with Crippen LogP contribution in [0.1, 0.15) is 26.3 Å². The van der Waals surface area contributed by atoms with Crippen LogP contribution >= 0.6 is 0 Å². The zero-order valence-electron chi connectivity index (χ0n) is 15.6. The number of amides is 2. The predicted octanol–water partition coefficient (Wildman–Crippen LogP) is 2.33. The van der Waals surface area contributed by atoms with E-state index in [9.17, 15) is 14.7 Å². The van der Waals surface area contributed by atoms with Crippen LogP contribution in [0.25, 0.3) is 10.9 Å². The Hall–Kier alpha value is -2.74. The van der Waals surface area contributed by atoms with Crippen LogP contribution in [-0.2, 0) is 20.8 Å². The van der Waals surface area contributed by atoms with Gasteiger partial charge < -0.3 is 20.1 Å². The number of carbonyl (C=O) groups is 2. The number of likely N-dealkylation sites (N-methyl/N-ethyl adjacent to an activating group) is 1. The number of nitrogens with zero attached hydrogens (tertiary/aromatic N) is 1. The Morgan fingerprint density at radius 2 is 2.04 bits per heavy atom. The zero-order valence-corrected chi connectivity index (χ0v) is 15.6. The summed E-state index contributed by atoms with van der Waals surface area (Å²) in [5.41, 5.74) is 0.911. The van der Waals surface area contributed by atoms with Gasteiger partial charge in [-0.2, -0.15) is 0 Å². The predicted molar refractivity (Wildman–Crippen MR) is 96.6 cm³/mol. The van der Waals surface area contributed by atoms with Gasteiger partial charge in [-0.15, -0.1) is 0 Å². The maximum absolute atomic E-state index is 12.6. The molecule has 0 aliphatic carbocycles. The molecule has 0 bridgehead atoms. The molecule has 0 fully saturated rings. The van der Waals surface area contributed by atoms with Gasteiger partial charge in [0.1, 0.15) is 17.4 Å². The number of H-pyrrole nitrogens is 1. The van der Waals surface area contributed by atoms with Crippen LogP contribution in [0.4, 0.5) is 4.79 Å². The summed E-state index contributed by atoms with van der Waals surface area (Å²) in [4.78, 5) is 32.7. The van der Waals surface area contributed by atoms with Crippen molar-refractivity contribution in [3.63, 3.8) is 0 Å². The summed E-state index contributed by atoms with van der Waals surface area (Å²) in [6.07, 6.45) is 1.26. The van der Waals surface area contributed by atoms with Crippen LogP contribution < -0.4 is 5.32 Å². The number of hydrogen-bond donors (Lipinski definition) is 3. The lowest BCUT2D eigenvalue weighted by Crippen LogP contribution is -2.49. The van der Waals surface area contributed by atoms with E-state index >= 15 is 0 Å². The van der Waals surface area contributed by atoms with Gasteiger partial charge in [0.15, 0.2) is 0 Å². The van der Waals surface area contributed by atoms with E-state index in [4.69, 9.17) is 9.57 Å². The summed E-state index contributed by atoms with van der Waals surface area (Å²) in [5, 5.41) is 14.1. The van der Waals surface area contributed by atoms with Gasteiger partial charge in [-0.25, -0.2) is 9.86 Å². The summed E-state index contributed by atoms with van der Waals surface area (Å²) in [7, 11) is 2.83. The number of hydroxylamine groups is 2. The number of alkyl carbamates (subject to hydrolysis) is 1. The Balaban J connectivity index is 2.26. The van der Waals surface area contributed by atoms with Crippen LogP contribution in [0.3, 0.4) is 0 Å². The first-order valence-corrected chi connectivity index (χ1v) is 8.21. The van der Waals surface area contributed by atoms with Crippen LogP contribution in [0.15, 0.2) is 24.4 Å². The van der Waals surface area contributed by atoms with Crippen LogP contribution in [0.2, 0.25) is 0 Å². The topological polar surface area (TPSA) is 104 Å². The Bertz CT molecular complexity index is 794. The second-order valence-electron chi connectivity index (χ2n) is 6.97. The molecule has 0 aliphatic rings. The van der Waals surface area contributed by atoms with E-state index in [1.54, 1.807) is 45.2 Å². The molecule has 26 heavy (non-hydrogen) atoms. The SMILES string of the molecule is CON(C)C(=O)C(Cc1c[nH]c2ccc(O)cc12)NC(=O)OC(C)(C)C. The van der Waals surface area contributed by atoms with Gasteiger partial charge in [-0.05, 0) is 44.5 Å². The summed E-state index contributed by atoms with van der Waals surface area (Å²) in [6, 6.07) is 4.03. The van der Waals surface area contributed by atoms with Gasteiger partial charge in [0.25, 0.3) is 5.91 Å². The third kappa shape index (κ3) is 4.89. The molecule has 8 nitrogen and oxygen atoms in total. The van der Waals surface area contributed by atoms with Gasteiger partial charge in [0, 0.05) is 30.6 Å². The Labute approximate surface area is 152 Å². The molecule has 0 radical (unpaired) electrons. The molecule has 8 heteroatoms. The summed E-state index contributed by atoms with van der Waals surface area (Å²) in [5.74, 6) is -0.303. The molecule has 2 aromatic rings. The third-order valence-electron chi connectivity index (χ3n) is 3.75. The number of rotatable bonds is 5. The van der Waals surface area contributed by atoms with Gasteiger partial charge in [0.2, 0.25) is 0 Å². The second-order valence-corrected chi connectivity index (χ2v) is 6.97. The molecule has 142 valence electrons. The minimum Gasteiger partial charge on any atom is -0.508 e. The number of aromatic hydroxyl groups is 1. The third-order valence-corrected chi connectivity index (χ3v) is 3.75. The first-order valence-electron chi connectivity index (χ1n) is 8.21. The molecule has 0 spiro atoms. The Kier molecular flexibility index (Phi) is 5.76. The number of phenols is 1. The molecule has 1 aromatic carbocycles. The van der Waals surface area contributed by atoms with E-state index in [2.05, 4.69) is 10.3 Å². The van der Waals surface area contributed by atoms with Crippen molar-refractivity contribution in [2.45, 2.75) is 38.8 Å².